The maximum absolute atomic E-state index is 13.3. The fourth-order valence-electron chi connectivity index (χ4n) is 3.85. The van der Waals surface area contributed by atoms with Crippen molar-refractivity contribution in [2.45, 2.75) is 20.8 Å². The number of ketones is 1. The summed E-state index contributed by atoms with van der Waals surface area (Å²) in [5.41, 5.74) is 3.99. The third-order valence-corrected chi connectivity index (χ3v) is 5.78. The number of Topliss-reactive ketones (excluding diaryl/α,β-unsaturated/α-hetero) is 1. The molecule has 8 heteroatoms. The Bertz CT molecular complexity index is 1400. The topological polar surface area (TPSA) is 103 Å². The first kappa shape index (κ1) is 22.7. The smallest absolute Gasteiger partial charge is 0.343 e. The van der Waals surface area contributed by atoms with E-state index in [-0.39, 0.29) is 17.0 Å². The first-order valence-electron chi connectivity index (χ1n) is 10.5. The van der Waals surface area contributed by atoms with Gasteiger partial charge in [-0.15, -0.1) is 0 Å². The number of nitro benzene ring substituents is 1. The van der Waals surface area contributed by atoms with Gasteiger partial charge in [0.15, 0.2) is 0 Å². The third kappa shape index (κ3) is 4.01. The summed E-state index contributed by atoms with van der Waals surface area (Å²) in [6.07, 6.45) is 1.55. The van der Waals surface area contributed by atoms with Crippen molar-refractivity contribution in [2.75, 3.05) is 12.0 Å². The van der Waals surface area contributed by atoms with Gasteiger partial charge in [-0.05, 0) is 56.2 Å². The molecule has 0 fully saturated rings. The highest BCUT2D eigenvalue weighted by atomic mass is 16.6. The van der Waals surface area contributed by atoms with Crippen LogP contribution < -0.4 is 4.90 Å². The molecule has 0 bridgehead atoms. The quantitative estimate of drug-likeness (QED) is 0.167. The SMILES string of the molecule is COC(=O)C1=C(C)N(c2ccc(C)c(C)c2)C(=Cc2ccc(-c3cccc([N+](=O)[O-])c3)o2)C1=O. The molecule has 0 saturated heterocycles. The molecule has 172 valence electrons. The van der Waals surface area contributed by atoms with Gasteiger partial charge in [0.25, 0.3) is 5.69 Å². The van der Waals surface area contributed by atoms with Gasteiger partial charge in [-0.3, -0.25) is 14.9 Å². The average molecular weight is 458 g/mol. The lowest BCUT2D eigenvalue weighted by molar-refractivity contribution is -0.384. The molecule has 2 aromatic carbocycles. The summed E-state index contributed by atoms with van der Waals surface area (Å²) in [5.74, 6) is -0.415. The third-order valence-electron chi connectivity index (χ3n) is 5.78. The van der Waals surface area contributed by atoms with Crippen molar-refractivity contribution in [2.24, 2.45) is 0 Å². The molecule has 4 rings (SSSR count). The molecule has 0 radical (unpaired) electrons. The van der Waals surface area contributed by atoms with Gasteiger partial charge in [-0.2, -0.15) is 0 Å². The van der Waals surface area contributed by atoms with Crippen LogP contribution in [0.3, 0.4) is 0 Å². The van der Waals surface area contributed by atoms with Crippen LogP contribution in [0.25, 0.3) is 17.4 Å². The van der Waals surface area contributed by atoms with Gasteiger partial charge >= 0.3 is 5.97 Å². The second kappa shape index (κ2) is 8.82. The van der Waals surface area contributed by atoms with E-state index in [0.717, 1.165) is 16.8 Å². The van der Waals surface area contributed by atoms with E-state index < -0.39 is 16.7 Å². The maximum Gasteiger partial charge on any atom is 0.343 e. The maximum atomic E-state index is 13.3. The van der Waals surface area contributed by atoms with E-state index in [9.17, 15) is 19.7 Å². The lowest BCUT2D eigenvalue weighted by Crippen LogP contribution is -2.18. The van der Waals surface area contributed by atoms with Crippen molar-refractivity contribution >= 4 is 29.2 Å². The molecule has 34 heavy (non-hydrogen) atoms. The monoisotopic (exact) mass is 458 g/mol. The number of allylic oxidation sites excluding steroid dienone is 2. The number of esters is 1. The zero-order valence-electron chi connectivity index (χ0n) is 19.1. The number of hydrogen-bond acceptors (Lipinski definition) is 7. The Morgan fingerprint density at radius 2 is 1.82 bits per heavy atom. The molecule has 0 saturated carbocycles. The molecule has 3 aromatic rings. The number of nitro groups is 1. The summed E-state index contributed by atoms with van der Waals surface area (Å²) in [5, 5.41) is 11.1. The fourth-order valence-corrected chi connectivity index (χ4v) is 3.85. The van der Waals surface area contributed by atoms with E-state index in [1.165, 1.54) is 19.2 Å². The number of carbonyl (C=O) groups excluding carboxylic acids is 2. The molecule has 0 aliphatic carbocycles. The van der Waals surface area contributed by atoms with Gasteiger partial charge in [0.05, 0.1) is 17.7 Å². The van der Waals surface area contributed by atoms with Crippen LogP contribution in [-0.4, -0.2) is 23.8 Å². The number of aryl methyl sites for hydroxylation is 2. The highest BCUT2D eigenvalue weighted by molar-refractivity contribution is 6.30. The largest absolute Gasteiger partial charge is 0.465 e. The van der Waals surface area contributed by atoms with Crippen molar-refractivity contribution in [3.05, 3.63) is 98.6 Å². The van der Waals surface area contributed by atoms with E-state index in [0.29, 0.717) is 22.8 Å². The highest BCUT2D eigenvalue weighted by Crippen LogP contribution is 2.37. The minimum Gasteiger partial charge on any atom is -0.465 e. The first-order chi connectivity index (χ1) is 16.2. The van der Waals surface area contributed by atoms with E-state index in [1.807, 2.05) is 32.0 Å². The molecule has 0 unspecified atom stereocenters. The van der Waals surface area contributed by atoms with E-state index in [1.54, 1.807) is 42.2 Å². The van der Waals surface area contributed by atoms with Crippen LogP contribution in [0.1, 0.15) is 23.8 Å². The number of benzene rings is 2. The molecule has 0 atom stereocenters. The van der Waals surface area contributed by atoms with Gasteiger partial charge in [0, 0.05) is 35.2 Å². The van der Waals surface area contributed by atoms with E-state index in [4.69, 9.17) is 9.15 Å². The summed E-state index contributed by atoms with van der Waals surface area (Å²) in [6, 6.07) is 15.2. The Morgan fingerprint density at radius 3 is 2.50 bits per heavy atom. The van der Waals surface area contributed by atoms with Crippen molar-refractivity contribution in [3.63, 3.8) is 0 Å². The summed E-state index contributed by atoms with van der Waals surface area (Å²) in [4.78, 5) is 38.0. The molecule has 1 aliphatic rings. The van der Waals surface area contributed by atoms with E-state index in [2.05, 4.69) is 0 Å². The van der Waals surface area contributed by atoms with Crippen LogP contribution in [0.15, 0.2) is 76.0 Å². The number of anilines is 1. The van der Waals surface area contributed by atoms with Crippen molar-refractivity contribution in [3.8, 4) is 11.3 Å². The number of nitrogens with zero attached hydrogens (tertiary/aromatic N) is 2. The zero-order valence-corrected chi connectivity index (χ0v) is 19.1. The fraction of sp³-hybridized carbons (Fsp3) is 0.154. The lowest BCUT2D eigenvalue weighted by Gasteiger charge is -2.22. The van der Waals surface area contributed by atoms with Crippen LogP contribution in [0.4, 0.5) is 11.4 Å². The van der Waals surface area contributed by atoms with Gasteiger partial charge in [0.1, 0.15) is 17.1 Å². The Balaban J connectivity index is 1.79. The molecule has 2 heterocycles. The minimum absolute atomic E-state index is 0.0440. The predicted molar refractivity (Wildman–Crippen MR) is 127 cm³/mol. The number of ether oxygens (including phenoxy) is 1. The Kier molecular flexibility index (Phi) is 5.89. The summed E-state index contributed by atoms with van der Waals surface area (Å²) in [7, 11) is 1.23. The second-order valence-electron chi connectivity index (χ2n) is 7.92. The lowest BCUT2D eigenvalue weighted by atomic mass is 10.1. The summed E-state index contributed by atoms with van der Waals surface area (Å²) >= 11 is 0. The van der Waals surface area contributed by atoms with Gasteiger partial charge in [0.2, 0.25) is 5.78 Å². The number of rotatable bonds is 5. The number of carbonyl (C=O) groups is 2. The molecular weight excluding hydrogens is 436 g/mol. The highest BCUT2D eigenvalue weighted by Gasteiger charge is 2.38. The molecule has 0 spiro atoms. The minimum atomic E-state index is -0.712. The number of non-ortho nitro benzene ring substituents is 1. The number of methoxy groups -OCH3 is 1. The van der Waals surface area contributed by atoms with Gasteiger partial charge < -0.3 is 14.1 Å². The van der Waals surface area contributed by atoms with Crippen molar-refractivity contribution in [1.82, 2.24) is 0 Å². The van der Waals surface area contributed by atoms with Crippen LogP contribution in [0.2, 0.25) is 0 Å². The molecule has 0 N–H and O–H groups in total. The van der Waals surface area contributed by atoms with Crippen molar-refractivity contribution in [1.29, 1.82) is 0 Å². The average Bonchev–Trinajstić information content (AvgIpc) is 3.38. The van der Waals surface area contributed by atoms with Gasteiger partial charge in [-0.1, -0.05) is 18.2 Å². The summed E-state index contributed by atoms with van der Waals surface area (Å²) < 4.78 is 10.7. The number of furan rings is 1. The Hall–Kier alpha value is -4.46. The van der Waals surface area contributed by atoms with Crippen molar-refractivity contribution < 1.29 is 23.7 Å². The predicted octanol–water partition coefficient (Wildman–Crippen LogP) is 5.35. The van der Waals surface area contributed by atoms with Crippen LogP contribution >= 0.6 is 0 Å². The molecule has 1 aliphatic heterocycles. The zero-order chi connectivity index (χ0) is 24.6. The van der Waals surface area contributed by atoms with Gasteiger partial charge in [-0.25, -0.2) is 4.79 Å². The molecular formula is C26H22N2O6. The molecule has 8 nitrogen and oxygen atoms in total. The van der Waals surface area contributed by atoms with Crippen LogP contribution in [0.5, 0.6) is 0 Å². The first-order valence-corrected chi connectivity index (χ1v) is 10.5. The standard InChI is InChI=1S/C26H22N2O6/c1-15-8-9-19(12-16(15)2)27-17(3)24(26(30)33-4)25(29)22(27)14-21-10-11-23(34-21)18-6-5-7-20(13-18)28(31)32/h5-14H,1-4H3. The van der Waals surface area contributed by atoms with E-state index >= 15 is 0 Å². The molecule has 1 aromatic heterocycles. The normalized spacial score (nSPS) is 14.8. The van der Waals surface area contributed by atoms with Crippen LogP contribution in [0, 0.1) is 24.0 Å². The molecule has 0 amide bonds. The Labute approximate surface area is 195 Å². The number of hydrogen-bond donors (Lipinski definition) is 0. The van der Waals surface area contributed by atoms with Crippen LogP contribution in [-0.2, 0) is 14.3 Å². The Morgan fingerprint density at radius 1 is 1.06 bits per heavy atom. The second-order valence-corrected chi connectivity index (χ2v) is 7.92. The summed E-state index contributed by atoms with van der Waals surface area (Å²) in [6.45, 7) is 5.65.